The summed E-state index contributed by atoms with van der Waals surface area (Å²) >= 11 is 6.29. The third-order valence-electron chi connectivity index (χ3n) is 4.24. The summed E-state index contributed by atoms with van der Waals surface area (Å²) in [7, 11) is 1.62. The average molecular weight is 405 g/mol. The Kier molecular flexibility index (Phi) is 5.15. The van der Waals surface area contributed by atoms with Crippen LogP contribution in [0.5, 0.6) is 17.2 Å². The number of phenolic OH excluding ortho intramolecular Hbond substituents is 1. The first kappa shape index (κ1) is 19.5. The topological polar surface area (TPSA) is 116 Å². The van der Waals surface area contributed by atoms with Crippen LogP contribution in [-0.2, 0) is 16.1 Å². The van der Waals surface area contributed by atoms with Crippen LogP contribution in [0.1, 0.15) is 27.9 Å². The number of ether oxygens (including phenoxy) is 1. The molecule has 1 aliphatic rings. The zero-order valence-corrected chi connectivity index (χ0v) is 15.8. The average Bonchev–Trinajstić information content (AvgIpc) is 2.88. The fourth-order valence-electron chi connectivity index (χ4n) is 2.99. The first-order valence-corrected chi connectivity index (χ1v) is 8.65. The number of aliphatic carboxylic acids is 1. The van der Waals surface area contributed by atoms with Gasteiger partial charge in [-0.25, -0.2) is 0 Å². The van der Waals surface area contributed by atoms with E-state index >= 15 is 0 Å². The van der Waals surface area contributed by atoms with E-state index < -0.39 is 18.3 Å². The number of nitrogens with zero attached hydrogens (tertiary/aromatic N) is 1. The molecule has 1 aliphatic heterocycles. The van der Waals surface area contributed by atoms with Crippen LogP contribution in [-0.4, -0.2) is 39.9 Å². The number of anilines is 1. The summed E-state index contributed by atoms with van der Waals surface area (Å²) in [6.07, 6.45) is -0.657. The molecule has 8 nitrogen and oxygen atoms in total. The van der Waals surface area contributed by atoms with Crippen molar-refractivity contribution >= 4 is 35.1 Å². The quantitative estimate of drug-likeness (QED) is 0.659. The van der Waals surface area contributed by atoms with Crippen molar-refractivity contribution in [2.45, 2.75) is 19.9 Å². The molecule has 0 fully saturated rings. The first-order valence-electron chi connectivity index (χ1n) is 8.27. The molecular formula is C19H17ClN2O6. The van der Waals surface area contributed by atoms with E-state index in [4.69, 9.17) is 21.4 Å². The van der Waals surface area contributed by atoms with E-state index in [0.717, 1.165) is 0 Å². The maximum atomic E-state index is 12.2. The molecule has 0 bridgehead atoms. The van der Waals surface area contributed by atoms with Gasteiger partial charge >= 0.3 is 5.97 Å². The lowest BCUT2D eigenvalue weighted by atomic mass is 10.1. The molecule has 9 heteroatoms. The maximum absolute atomic E-state index is 12.2. The molecule has 0 aliphatic carbocycles. The summed E-state index contributed by atoms with van der Waals surface area (Å²) in [6, 6.07) is 5.98. The Balaban J connectivity index is 1.90. The van der Waals surface area contributed by atoms with Gasteiger partial charge in [0.2, 0.25) is 5.91 Å². The number of aromatic hydroxyl groups is 1. The van der Waals surface area contributed by atoms with Gasteiger partial charge in [-0.05, 0) is 36.8 Å². The summed E-state index contributed by atoms with van der Waals surface area (Å²) in [5.41, 5.74) is 1.69. The molecule has 0 saturated heterocycles. The molecule has 0 atom stereocenters. The molecule has 0 spiro atoms. The zero-order chi connectivity index (χ0) is 20.6. The van der Waals surface area contributed by atoms with Crippen molar-refractivity contribution in [3.8, 4) is 17.2 Å². The summed E-state index contributed by atoms with van der Waals surface area (Å²) in [5, 5.41) is 21.3. The van der Waals surface area contributed by atoms with Gasteiger partial charge < -0.3 is 25.2 Å². The summed E-state index contributed by atoms with van der Waals surface area (Å²) in [6.45, 7) is 2.00. The molecule has 2 aromatic carbocycles. The van der Waals surface area contributed by atoms with E-state index in [2.05, 4.69) is 5.32 Å². The van der Waals surface area contributed by atoms with Crippen molar-refractivity contribution in [1.29, 1.82) is 0 Å². The highest BCUT2D eigenvalue weighted by atomic mass is 35.5. The van der Waals surface area contributed by atoms with Crippen molar-refractivity contribution in [3.05, 3.63) is 46.0 Å². The third-order valence-corrected chi connectivity index (χ3v) is 4.52. The molecular weight excluding hydrogens is 388 g/mol. The predicted octanol–water partition coefficient (Wildman–Crippen LogP) is 3.15. The van der Waals surface area contributed by atoms with Gasteiger partial charge in [0.05, 0.1) is 17.1 Å². The number of hydrogen-bond donors (Lipinski definition) is 3. The van der Waals surface area contributed by atoms with Crippen LogP contribution < -0.4 is 10.1 Å². The van der Waals surface area contributed by atoms with E-state index in [-0.39, 0.29) is 28.8 Å². The van der Waals surface area contributed by atoms with E-state index in [1.165, 1.54) is 17.0 Å². The van der Waals surface area contributed by atoms with Crippen LogP contribution in [0.25, 0.3) is 0 Å². The Bertz CT molecular complexity index is 981. The fourth-order valence-corrected chi connectivity index (χ4v) is 3.30. The summed E-state index contributed by atoms with van der Waals surface area (Å²) < 4.78 is 5.93. The van der Waals surface area contributed by atoms with Gasteiger partial charge in [0.1, 0.15) is 23.7 Å². The van der Waals surface area contributed by atoms with Crippen molar-refractivity contribution in [3.63, 3.8) is 0 Å². The molecule has 0 radical (unpaired) electrons. The number of amides is 2. The number of carbonyl (C=O) groups excluding carboxylic acids is 2. The summed E-state index contributed by atoms with van der Waals surface area (Å²) in [4.78, 5) is 35.9. The maximum Gasteiger partial charge on any atom is 0.312 e. The van der Waals surface area contributed by atoms with E-state index in [0.29, 0.717) is 28.3 Å². The summed E-state index contributed by atoms with van der Waals surface area (Å²) in [5.74, 6) is -1.60. The predicted molar refractivity (Wildman–Crippen MR) is 101 cm³/mol. The lowest BCUT2D eigenvalue weighted by Crippen LogP contribution is -2.17. The Morgan fingerprint density at radius 3 is 2.68 bits per heavy atom. The van der Waals surface area contributed by atoms with Crippen LogP contribution in [0, 0.1) is 6.92 Å². The Morgan fingerprint density at radius 2 is 2.04 bits per heavy atom. The van der Waals surface area contributed by atoms with Gasteiger partial charge in [-0.1, -0.05) is 11.6 Å². The van der Waals surface area contributed by atoms with Gasteiger partial charge in [0, 0.05) is 18.3 Å². The number of carboxylic acid groups (broad SMARTS) is 1. The molecule has 3 N–H and O–H groups in total. The normalized spacial score (nSPS) is 12.7. The highest BCUT2D eigenvalue weighted by Crippen LogP contribution is 2.41. The first-order chi connectivity index (χ1) is 13.2. The number of benzene rings is 2. The van der Waals surface area contributed by atoms with Crippen LogP contribution in [0.4, 0.5) is 5.69 Å². The van der Waals surface area contributed by atoms with Crippen molar-refractivity contribution in [1.82, 2.24) is 4.90 Å². The second kappa shape index (κ2) is 7.40. The lowest BCUT2D eigenvalue weighted by molar-refractivity contribution is -0.139. The van der Waals surface area contributed by atoms with Crippen molar-refractivity contribution in [2.24, 2.45) is 0 Å². The van der Waals surface area contributed by atoms with Crippen LogP contribution in [0.3, 0.4) is 0 Å². The number of nitrogens with one attached hydrogen (secondary N) is 1. The molecule has 146 valence electrons. The van der Waals surface area contributed by atoms with Crippen LogP contribution in [0.15, 0.2) is 24.3 Å². The van der Waals surface area contributed by atoms with Gasteiger partial charge in [-0.15, -0.1) is 0 Å². The minimum atomic E-state index is -1.24. The van der Waals surface area contributed by atoms with Crippen molar-refractivity contribution < 1.29 is 29.3 Å². The van der Waals surface area contributed by atoms with E-state index in [1.807, 2.05) is 0 Å². The third kappa shape index (κ3) is 3.72. The largest absolute Gasteiger partial charge is 0.507 e. The van der Waals surface area contributed by atoms with Crippen molar-refractivity contribution in [2.75, 3.05) is 12.4 Å². The number of phenols is 1. The van der Waals surface area contributed by atoms with Crippen LogP contribution >= 0.6 is 11.6 Å². The minimum absolute atomic E-state index is 0.115. The SMILES string of the molecule is Cc1cc(NC(=O)CC(=O)O)cc(Cl)c1Oc1ccc(O)c2c1CN(C)C2=O. The molecule has 3 rings (SSSR count). The zero-order valence-electron chi connectivity index (χ0n) is 15.1. The molecule has 2 amide bonds. The minimum Gasteiger partial charge on any atom is -0.507 e. The standard InChI is InChI=1S/C19H17ClN2O6/c1-9-5-10(21-15(24)7-16(25)26)6-12(20)18(9)28-14-4-3-13(23)17-11(14)8-22(2)19(17)27/h3-6,23H,7-8H2,1-2H3,(H,21,24)(H,25,26). The molecule has 0 aromatic heterocycles. The number of halogens is 1. The monoisotopic (exact) mass is 404 g/mol. The number of fused-ring (bicyclic) bond motifs is 1. The van der Waals surface area contributed by atoms with E-state index in [9.17, 15) is 19.5 Å². The highest BCUT2D eigenvalue weighted by molar-refractivity contribution is 6.32. The molecule has 0 unspecified atom stereocenters. The molecule has 2 aromatic rings. The Morgan fingerprint density at radius 1 is 1.32 bits per heavy atom. The Hall–Kier alpha value is -3.26. The van der Waals surface area contributed by atoms with Gasteiger partial charge in [-0.2, -0.15) is 0 Å². The van der Waals surface area contributed by atoms with Gasteiger partial charge in [0.15, 0.2) is 0 Å². The number of rotatable bonds is 5. The Labute approximate surface area is 165 Å². The van der Waals surface area contributed by atoms with E-state index in [1.54, 1.807) is 26.1 Å². The number of carboxylic acids is 1. The van der Waals surface area contributed by atoms with Gasteiger partial charge in [-0.3, -0.25) is 14.4 Å². The molecule has 0 saturated carbocycles. The van der Waals surface area contributed by atoms with Crippen LogP contribution in [0.2, 0.25) is 5.02 Å². The number of hydrogen-bond acceptors (Lipinski definition) is 5. The number of aryl methyl sites for hydroxylation is 1. The van der Waals surface area contributed by atoms with Gasteiger partial charge in [0.25, 0.3) is 5.91 Å². The molecule has 1 heterocycles. The second-order valence-corrected chi connectivity index (χ2v) is 6.83. The number of carbonyl (C=O) groups is 3. The smallest absolute Gasteiger partial charge is 0.312 e. The molecule has 28 heavy (non-hydrogen) atoms. The lowest BCUT2D eigenvalue weighted by Gasteiger charge is -2.15. The second-order valence-electron chi connectivity index (χ2n) is 6.42. The fraction of sp³-hybridized carbons (Fsp3) is 0.211. The highest BCUT2D eigenvalue weighted by Gasteiger charge is 2.31.